The van der Waals surface area contributed by atoms with Gasteiger partial charge in [0, 0.05) is 26.2 Å². The molecule has 0 aliphatic heterocycles. The minimum atomic E-state index is -0.921. The Bertz CT molecular complexity index is 620. The Morgan fingerprint density at radius 3 is 1.29 bits per heavy atom. The van der Waals surface area contributed by atoms with E-state index in [1.54, 1.807) is 48.5 Å². The summed E-state index contributed by atoms with van der Waals surface area (Å²) in [5.74, 6) is -1.84. The van der Waals surface area contributed by atoms with Crippen LogP contribution in [-0.2, 0) is 13.1 Å². The molecule has 0 atom stereocenters. The Morgan fingerprint density at radius 2 is 1.00 bits per heavy atom. The number of nitrogens with one attached hydrogen (secondary N) is 2. The molecule has 6 heteroatoms. The second kappa shape index (κ2) is 8.81. The van der Waals surface area contributed by atoms with Crippen molar-refractivity contribution in [2.45, 2.75) is 13.1 Å². The number of rotatable bonds is 9. The molecule has 2 aromatic rings. The summed E-state index contributed by atoms with van der Waals surface area (Å²) < 4.78 is 0. The molecule has 0 fully saturated rings. The standard InChI is InChI=1S/C18H20N2O4/c21-17(22)15-5-1-13(2-6-15)11-19-9-10-20-12-14-3-7-16(8-4-14)18(23)24/h1-8,19-20H,9-12H2,(H,21,22)(H,23,24). The van der Waals surface area contributed by atoms with Gasteiger partial charge in [-0.1, -0.05) is 24.3 Å². The van der Waals surface area contributed by atoms with E-state index in [2.05, 4.69) is 10.6 Å². The van der Waals surface area contributed by atoms with Crippen LogP contribution in [0.3, 0.4) is 0 Å². The monoisotopic (exact) mass is 328 g/mol. The summed E-state index contributed by atoms with van der Waals surface area (Å²) in [6.07, 6.45) is 0. The van der Waals surface area contributed by atoms with Crippen molar-refractivity contribution < 1.29 is 19.8 Å². The molecule has 0 aliphatic carbocycles. The molecule has 0 radical (unpaired) electrons. The first-order valence-corrected chi connectivity index (χ1v) is 7.62. The topological polar surface area (TPSA) is 98.7 Å². The van der Waals surface area contributed by atoms with Crippen LogP contribution in [0, 0.1) is 0 Å². The van der Waals surface area contributed by atoms with Gasteiger partial charge in [0.25, 0.3) is 0 Å². The Balaban J connectivity index is 1.62. The lowest BCUT2D eigenvalue weighted by Crippen LogP contribution is -2.26. The van der Waals surface area contributed by atoms with Gasteiger partial charge in [-0.3, -0.25) is 0 Å². The van der Waals surface area contributed by atoms with Crippen LogP contribution in [0.2, 0.25) is 0 Å². The fourth-order valence-electron chi connectivity index (χ4n) is 2.17. The van der Waals surface area contributed by atoms with Crippen molar-refractivity contribution >= 4 is 11.9 Å². The number of hydrogen-bond acceptors (Lipinski definition) is 4. The maximum absolute atomic E-state index is 10.8. The molecule has 0 spiro atoms. The third kappa shape index (κ3) is 5.49. The van der Waals surface area contributed by atoms with Crippen LogP contribution in [0.4, 0.5) is 0 Å². The lowest BCUT2D eigenvalue weighted by Gasteiger charge is -2.07. The molecule has 0 aromatic heterocycles. The number of aromatic carboxylic acids is 2. The smallest absolute Gasteiger partial charge is 0.335 e. The molecular weight excluding hydrogens is 308 g/mol. The van der Waals surface area contributed by atoms with Crippen molar-refractivity contribution in [1.29, 1.82) is 0 Å². The zero-order chi connectivity index (χ0) is 17.4. The van der Waals surface area contributed by atoms with Crippen molar-refractivity contribution in [3.8, 4) is 0 Å². The van der Waals surface area contributed by atoms with E-state index >= 15 is 0 Å². The van der Waals surface area contributed by atoms with E-state index in [1.165, 1.54) is 0 Å². The van der Waals surface area contributed by atoms with Crippen LogP contribution < -0.4 is 10.6 Å². The summed E-state index contributed by atoms with van der Waals surface area (Å²) in [5.41, 5.74) is 2.64. The molecule has 0 heterocycles. The van der Waals surface area contributed by atoms with Gasteiger partial charge in [0.1, 0.15) is 0 Å². The zero-order valence-electron chi connectivity index (χ0n) is 13.2. The highest BCUT2D eigenvalue weighted by atomic mass is 16.4. The molecule has 0 bridgehead atoms. The lowest BCUT2D eigenvalue weighted by molar-refractivity contribution is 0.0686. The average Bonchev–Trinajstić information content (AvgIpc) is 2.58. The minimum Gasteiger partial charge on any atom is -0.478 e. The van der Waals surface area contributed by atoms with E-state index in [1.807, 2.05) is 0 Å². The SMILES string of the molecule is O=C(O)c1ccc(CNCCNCc2ccc(C(=O)O)cc2)cc1. The van der Waals surface area contributed by atoms with Gasteiger partial charge in [-0.05, 0) is 35.4 Å². The number of carbonyl (C=O) groups is 2. The van der Waals surface area contributed by atoms with Gasteiger partial charge in [-0.2, -0.15) is 0 Å². The predicted octanol–water partition coefficient (Wildman–Crippen LogP) is 1.96. The first kappa shape index (κ1) is 17.7. The van der Waals surface area contributed by atoms with Crippen LogP contribution in [0.15, 0.2) is 48.5 Å². The number of carboxylic acid groups (broad SMARTS) is 2. The maximum atomic E-state index is 10.8. The minimum absolute atomic E-state index is 0.286. The molecule has 24 heavy (non-hydrogen) atoms. The third-order valence-electron chi connectivity index (χ3n) is 3.54. The molecule has 0 saturated carbocycles. The Kier molecular flexibility index (Phi) is 6.48. The lowest BCUT2D eigenvalue weighted by atomic mass is 10.1. The summed E-state index contributed by atoms with van der Waals surface area (Å²) in [5, 5.41) is 24.2. The molecular formula is C18H20N2O4. The molecule has 0 aliphatic rings. The van der Waals surface area contributed by atoms with Crippen molar-refractivity contribution in [3.05, 3.63) is 70.8 Å². The zero-order valence-corrected chi connectivity index (χ0v) is 13.2. The normalized spacial score (nSPS) is 10.5. The number of carboxylic acids is 2. The molecule has 0 saturated heterocycles. The summed E-state index contributed by atoms with van der Waals surface area (Å²) in [4.78, 5) is 21.5. The van der Waals surface area contributed by atoms with E-state index in [0.29, 0.717) is 13.1 Å². The van der Waals surface area contributed by atoms with Gasteiger partial charge >= 0.3 is 11.9 Å². The van der Waals surface area contributed by atoms with Gasteiger partial charge in [0.05, 0.1) is 11.1 Å². The van der Waals surface area contributed by atoms with E-state index in [0.717, 1.165) is 24.2 Å². The summed E-state index contributed by atoms with van der Waals surface area (Å²) in [6.45, 7) is 2.89. The van der Waals surface area contributed by atoms with Crippen LogP contribution in [0.5, 0.6) is 0 Å². The van der Waals surface area contributed by atoms with Gasteiger partial charge in [-0.25, -0.2) is 9.59 Å². The molecule has 6 nitrogen and oxygen atoms in total. The third-order valence-corrected chi connectivity index (χ3v) is 3.54. The Morgan fingerprint density at radius 1 is 0.667 bits per heavy atom. The van der Waals surface area contributed by atoms with E-state index in [-0.39, 0.29) is 11.1 Å². The van der Waals surface area contributed by atoms with Gasteiger partial charge in [0.15, 0.2) is 0 Å². The highest BCUT2D eigenvalue weighted by Gasteiger charge is 2.02. The Labute approximate surface area is 140 Å². The molecule has 4 N–H and O–H groups in total. The maximum Gasteiger partial charge on any atom is 0.335 e. The van der Waals surface area contributed by atoms with E-state index in [9.17, 15) is 9.59 Å². The van der Waals surface area contributed by atoms with E-state index < -0.39 is 11.9 Å². The van der Waals surface area contributed by atoms with Crippen molar-refractivity contribution in [1.82, 2.24) is 10.6 Å². The molecule has 2 rings (SSSR count). The first-order chi connectivity index (χ1) is 11.6. The number of hydrogen-bond donors (Lipinski definition) is 4. The second-order valence-corrected chi connectivity index (χ2v) is 5.36. The fourth-order valence-corrected chi connectivity index (χ4v) is 2.17. The van der Waals surface area contributed by atoms with Crippen LogP contribution in [-0.4, -0.2) is 35.2 Å². The highest BCUT2D eigenvalue weighted by Crippen LogP contribution is 2.05. The summed E-state index contributed by atoms with van der Waals surface area (Å²) in [7, 11) is 0. The quantitative estimate of drug-likeness (QED) is 0.525. The van der Waals surface area contributed by atoms with Crippen molar-refractivity contribution in [2.75, 3.05) is 13.1 Å². The summed E-state index contributed by atoms with van der Waals surface area (Å²) in [6, 6.07) is 13.6. The van der Waals surface area contributed by atoms with E-state index in [4.69, 9.17) is 10.2 Å². The van der Waals surface area contributed by atoms with Gasteiger partial charge in [-0.15, -0.1) is 0 Å². The largest absolute Gasteiger partial charge is 0.478 e. The first-order valence-electron chi connectivity index (χ1n) is 7.62. The predicted molar refractivity (Wildman–Crippen MR) is 90.2 cm³/mol. The fraction of sp³-hybridized carbons (Fsp3) is 0.222. The Hall–Kier alpha value is -2.70. The average molecular weight is 328 g/mol. The molecule has 126 valence electrons. The molecule has 0 amide bonds. The molecule has 2 aromatic carbocycles. The summed E-state index contributed by atoms with van der Waals surface area (Å²) >= 11 is 0. The highest BCUT2D eigenvalue weighted by molar-refractivity contribution is 5.87. The van der Waals surface area contributed by atoms with Crippen molar-refractivity contribution in [3.63, 3.8) is 0 Å². The second-order valence-electron chi connectivity index (χ2n) is 5.36. The number of benzene rings is 2. The molecule has 0 unspecified atom stereocenters. The van der Waals surface area contributed by atoms with Gasteiger partial charge in [0.2, 0.25) is 0 Å². The van der Waals surface area contributed by atoms with Gasteiger partial charge < -0.3 is 20.8 Å². The van der Waals surface area contributed by atoms with Crippen LogP contribution in [0.1, 0.15) is 31.8 Å². The van der Waals surface area contributed by atoms with Crippen molar-refractivity contribution in [2.24, 2.45) is 0 Å². The van der Waals surface area contributed by atoms with Crippen LogP contribution in [0.25, 0.3) is 0 Å². The van der Waals surface area contributed by atoms with Crippen LogP contribution >= 0.6 is 0 Å².